The molecule has 6 heteroatoms. The smallest absolute Gasteiger partial charge is 0.239 e. The fraction of sp³-hybridized carbons (Fsp3) is 0.643. The quantitative estimate of drug-likeness (QED) is 0.850. The van der Waals surface area contributed by atoms with E-state index in [0.717, 1.165) is 43.3 Å². The number of rotatable bonds is 3. The van der Waals surface area contributed by atoms with Crippen molar-refractivity contribution in [3.05, 3.63) is 16.1 Å². The highest BCUT2D eigenvalue weighted by molar-refractivity contribution is 7.09. The molecule has 1 amide bonds. The third kappa shape index (κ3) is 3.78. The predicted octanol–water partition coefficient (Wildman–Crippen LogP) is 1.65. The summed E-state index contributed by atoms with van der Waals surface area (Å²) in [4.78, 5) is 20.7. The second-order valence-corrected chi connectivity index (χ2v) is 6.23. The van der Waals surface area contributed by atoms with Gasteiger partial charge in [0, 0.05) is 38.1 Å². The van der Waals surface area contributed by atoms with Crippen molar-refractivity contribution in [1.82, 2.24) is 14.8 Å². The molecule has 0 radical (unpaired) electrons. The number of nitriles is 1. The maximum absolute atomic E-state index is 12.0. The summed E-state index contributed by atoms with van der Waals surface area (Å²) in [5.74, 6) is -0.582. The van der Waals surface area contributed by atoms with E-state index in [1.165, 1.54) is 0 Å². The lowest BCUT2D eigenvalue weighted by molar-refractivity contribution is -0.133. The van der Waals surface area contributed by atoms with Gasteiger partial charge in [0.05, 0.1) is 16.8 Å². The van der Waals surface area contributed by atoms with Crippen LogP contribution in [-0.4, -0.2) is 46.9 Å². The van der Waals surface area contributed by atoms with E-state index in [1.807, 2.05) is 17.9 Å². The standard InChI is InChI=1S/C14H20N4OS/c1-11(8-15)14(19)18-5-3-4-17(6-7-18)9-13-10-20-12(2)16-13/h10-11H,3-7,9H2,1-2H3. The van der Waals surface area contributed by atoms with Crippen LogP contribution in [-0.2, 0) is 11.3 Å². The first-order valence-corrected chi connectivity index (χ1v) is 7.80. The lowest BCUT2D eigenvalue weighted by Gasteiger charge is -2.22. The molecule has 0 aliphatic carbocycles. The molecule has 1 aliphatic heterocycles. The first-order chi connectivity index (χ1) is 9.60. The number of thiazole rings is 1. The molecule has 0 spiro atoms. The van der Waals surface area contributed by atoms with E-state index < -0.39 is 5.92 Å². The van der Waals surface area contributed by atoms with Crippen LogP contribution in [0, 0.1) is 24.2 Å². The third-order valence-electron chi connectivity index (χ3n) is 3.52. The summed E-state index contributed by atoms with van der Waals surface area (Å²) in [5.41, 5.74) is 1.11. The van der Waals surface area contributed by atoms with Gasteiger partial charge >= 0.3 is 0 Å². The molecule has 1 saturated heterocycles. The van der Waals surface area contributed by atoms with Gasteiger partial charge in [0.25, 0.3) is 0 Å². The zero-order valence-corrected chi connectivity index (χ0v) is 12.8. The average Bonchev–Trinajstić information content (AvgIpc) is 2.72. The summed E-state index contributed by atoms with van der Waals surface area (Å²) in [6, 6.07) is 2.02. The maximum Gasteiger partial charge on any atom is 0.239 e. The Kier molecular flexibility index (Phi) is 5.10. The molecule has 2 rings (SSSR count). The number of aromatic nitrogens is 1. The summed E-state index contributed by atoms with van der Waals surface area (Å²) in [6.45, 7) is 7.80. The van der Waals surface area contributed by atoms with Crippen molar-refractivity contribution in [3.8, 4) is 6.07 Å². The van der Waals surface area contributed by atoms with Gasteiger partial charge < -0.3 is 4.90 Å². The van der Waals surface area contributed by atoms with Crippen molar-refractivity contribution in [2.45, 2.75) is 26.8 Å². The van der Waals surface area contributed by atoms with Gasteiger partial charge in [-0.3, -0.25) is 9.69 Å². The zero-order chi connectivity index (χ0) is 14.5. The highest BCUT2D eigenvalue weighted by Crippen LogP contribution is 2.13. The average molecular weight is 292 g/mol. The van der Waals surface area contributed by atoms with E-state index in [-0.39, 0.29) is 5.91 Å². The number of carbonyl (C=O) groups is 1. The first-order valence-electron chi connectivity index (χ1n) is 6.92. The number of nitrogens with zero attached hydrogens (tertiary/aromatic N) is 4. The number of aryl methyl sites for hydroxylation is 1. The Labute approximate surface area is 123 Å². The summed E-state index contributed by atoms with van der Waals surface area (Å²) >= 11 is 1.67. The molecular formula is C14H20N4OS. The zero-order valence-electron chi connectivity index (χ0n) is 12.0. The van der Waals surface area contributed by atoms with E-state index in [1.54, 1.807) is 18.3 Å². The van der Waals surface area contributed by atoms with Crippen LogP contribution in [0.4, 0.5) is 0 Å². The molecule has 0 saturated carbocycles. The molecule has 1 atom stereocenters. The molecule has 1 aromatic rings. The van der Waals surface area contributed by atoms with E-state index in [0.29, 0.717) is 6.54 Å². The van der Waals surface area contributed by atoms with Crippen LogP contribution in [0.1, 0.15) is 24.0 Å². The summed E-state index contributed by atoms with van der Waals surface area (Å²) < 4.78 is 0. The molecular weight excluding hydrogens is 272 g/mol. The van der Waals surface area contributed by atoms with Crippen molar-refractivity contribution in [3.63, 3.8) is 0 Å². The highest BCUT2D eigenvalue weighted by atomic mass is 32.1. The van der Waals surface area contributed by atoms with Crippen molar-refractivity contribution >= 4 is 17.2 Å². The summed E-state index contributed by atoms with van der Waals surface area (Å²) in [5, 5.41) is 12.0. The molecule has 108 valence electrons. The van der Waals surface area contributed by atoms with Crippen LogP contribution in [0.15, 0.2) is 5.38 Å². The minimum atomic E-state index is -0.539. The Morgan fingerprint density at radius 1 is 1.50 bits per heavy atom. The van der Waals surface area contributed by atoms with Gasteiger partial charge in [-0.25, -0.2) is 4.98 Å². The van der Waals surface area contributed by atoms with E-state index >= 15 is 0 Å². The minimum Gasteiger partial charge on any atom is -0.340 e. The van der Waals surface area contributed by atoms with Gasteiger partial charge in [-0.2, -0.15) is 5.26 Å². The van der Waals surface area contributed by atoms with Crippen LogP contribution in [0.2, 0.25) is 0 Å². The molecule has 1 aromatic heterocycles. The second-order valence-electron chi connectivity index (χ2n) is 5.16. The Bertz CT molecular complexity index is 508. The monoisotopic (exact) mass is 292 g/mol. The van der Waals surface area contributed by atoms with E-state index in [2.05, 4.69) is 15.3 Å². The van der Waals surface area contributed by atoms with Crippen molar-refractivity contribution in [2.75, 3.05) is 26.2 Å². The van der Waals surface area contributed by atoms with Gasteiger partial charge in [0.2, 0.25) is 5.91 Å². The molecule has 0 bridgehead atoms. The van der Waals surface area contributed by atoms with Crippen molar-refractivity contribution in [2.24, 2.45) is 5.92 Å². The molecule has 1 unspecified atom stereocenters. The SMILES string of the molecule is Cc1nc(CN2CCCN(C(=O)C(C)C#N)CC2)cs1. The first kappa shape index (κ1) is 14.9. The van der Waals surface area contributed by atoms with Crippen LogP contribution in [0.3, 0.4) is 0 Å². The van der Waals surface area contributed by atoms with Crippen LogP contribution < -0.4 is 0 Å². The van der Waals surface area contributed by atoms with Crippen molar-refractivity contribution < 1.29 is 4.79 Å². The Morgan fingerprint density at radius 3 is 2.95 bits per heavy atom. The fourth-order valence-corrected chi connectivity index (χ4v) is 2.99. The Balaban J connectivity index is 1.89. The molecule has 1 aliphatic rings. The molecule has 2 heterocycles. The largest absolute Gasteiger partial charge is 0.340 e. The molecule has 0 N–H and O–H groups in total. The van der Waals surface area contributed by atoms with Gasteiger partial charge in [0.15, 0.2) is 0 Å². The van der Waals surface area contributed by atoms with Gasteiger partial charge in [-0.05, 0) is 20.3 Å². The number of amides is 1. The van der Waals surface area contributed by atoms with Gasteiger partial charge in [-0.1, -0.05) is 0 Å². The van der Waals surface area contributed by atoms with Crippen LogP contribution >= 0.6 is 11.3 Å². The number of hydrogen-bond donors (Lipinski definition) is 0. The number of hydrogen-bond acceptors (Lipinski definition) is 5. The highest BCUT2D eigenvalue weighted by Gasteiger charge is 2.23. The third-order valence-corrected chi connectivity index (χ3v) is 4.34. The minimum absolute atomic E-state index is 0.0427. The second kappa shape index (κ2) is 6.82. The molecule has 20 heavy (non-hydrogen) atoms. The lowest BCUT2D eigenvalue weighted by atomic mass is 10.2. The lowest BCUT2D eigenvalue weighted by Crippen LogP contribution is -2.37. The molecule has 0 aromatic carbocycles. The normalized spacial score (nSPS) is 18.4. The molecule has 1 fully saturated rings. The maximum atomic E-state index is 12.0. The number of carbonyl (C=O) groups excluding carboxylic acids is 1. The Hall–Kier alpha value is -1.45. The predicted molar refractivity (Wildman–Crippen MR) is 78.1 cm³/mol. The summed E-state index contributed by atoms with van der Waals surface area (Å²) in [7, 11) is 0. The van der Waals surface area contributed by atoms with E-state index in [4.69, 9.17) is 5.26 Å². The van der Waals surface area contributed by atoms with E-state index in [9.17, 15) is 4.79 Å². The van der Waals surface area contributed by atoms with Crippen molar-refractivity contribution in [1.29, 1.82) is 5.26 Å². The van der Waals surface area contributed by atoms with Gasteiger partial charge in [0.1, 0.15) is 5.92 Å². The molecule has 5 nitrogen and oxygen atoms in total. The van der Waals surface area contributed by atoms with Crippen LogP contribution in [0.5, 0.6) is 0 Å². The topological polar surface area (TPSA) is 60.2 Å². The fourth-order valence-electron chi connectivity index (χ4n) is 2.39. The summed E-state index contributed by atoms with van der Waals surface area (Å²) in [6.07, 6.45) is 0.951. The van der Waals surface area contributed by atoms with Gasteiger partial charge in [-0.15, -0.1) is 11.3 Å². The Morgan fingerprint density at radius 2 is 2.30 bits per heavy atom. The van der Waals surface area contributed by atoms with Crippen LogP contribution in [0.25, 0.3) is 0 Å².